The maximum Gasteiger partial charge on any atom is 0.438 e. The van der Waals surface area contributed by atoms with Gasteiger partial charge in [0.15, 0.2) is 0 Å². The Bertz CT molecular complexity index is 853. The maximum atomic E-state index is 12.9. The second-order valence-corrected chi connectivity index (χ2v) is 6.26. The lowest BCUT2D eigenvalue weighted by Gasteiger charge is -2.13. The van der Waals surface area contributed by atoms with E-state index >= 15 is 0 Å². The molecule has 0 amide bonds. The third-order valence-electron chi connectivity index (χ3n) is 3.17. The molecule has 0 aliphatic rings. The van der Waals surface area contributed by atoms with Crippen molar-refractivity contribution in [3.8, 4) is 11.5 Å². The second kappa shape index (κ2) is 6.43. The molecule has 2 heterocycles. The largest absolute Gasteiger partial charge is 0.438 e. The quantitative estimate of drug-likeness (QED) is 0.717. The number of rotatable bonds is 5. The highest BCUT2D eigenvalue weighted by Gasteiger charge is 2.12. The molecule has 0 spiro atoms. The van der Waals surface area contributed by atoms with Crippen molar-refractivity contribution in [1.29, 1.82) is 0 Å². The lowest BCUT2D eigenvalue weighted by Crippen LogP contribution is -2.28. The summed E-state index contributed by atoms with van der Waals surface area (Å²) in [5.74, 6) is -0.729. The summed E-state index contributed by atoms with van der Waals surface area (Å²) in [4.78, 5) is 18.2. The zero-order valence-electron chi connectivity index (χ0n) is 12.7. The highest BCUT2D eigenvalue weighted by molar-refractivity contribution is 7.09. The first kappa shape index (κ1) is 15.6. The van der Waals surface area contributed by atoms with Crippen molar-refractivity contribution in [3.05, 3.63) is 56.7 Å². The summed E-state index contributed by atoms with van der Waals surface area (Å²) in [5.41, 5.74) is 1.50. The Morgan fingerprint density at radius 2 is 2.09 bits per heavy atom. The van der Waals surface area contributed by atoms with E-state index in [0.717, 1.165) is 10.7 Å². The van der Waals surface area contributed by atoms with E-state index < -0.39 is 5.76 Å². The first-order chi connectivity index (χ1) is 11.0. The SMILES string of the molecule is Cc1nc(CN(C)Cn2nc(-c3ccc(F)cc3)oc2=O)cs1. The van der Waals surface area contributed by atoms with Crippen LogP contribution < -0.4 is 5.76 Å². The topological polar surface area (TPSA) is 64.2 Å². The van der Waals surface area contributed by atoms with E-state index in [1.807, 2.05) is 24.3 Å². The summed E-state index contributed by atoms with van der Waals surface area (Å²) in [6.07, 6.45) is 0. The highest BCUT2D eigenvalue weighted by Crippen LogP contribution is 2.16. The summed E-state index contributed by atoms with van der Waals surface area (Å²) in [6, 6.07) is 5.63. The van der Waals surface area contributed by atoms with Gasteiger partial charge in [-0.25, -0.2) is 14.2 Å². The molecule has 0 bridgehead atoms. The molecule has 0 aliphatic heterocycles. The average Bonchev–Trinajstić information content (AvgIpc) is 3.06. The van der Waals surface area contributed by atoms with Crippen LogP contribution in [0.5, 0.6) is 0 Å². The van der Waals surface area contributed by atoms with Gasteiger partial charge in [0.2, 0.25) is 5.89 Å². The van der Waals surface area contributed by atoms with Gasteiger partial charge in [-0.05, 0) is 38.2 Å². The normalized spacial score (nSPS) is 11.3. The van der Waals surface area contributed by atoms with E-state index in [9.17, 15) is 9.18 Å². The van der Waals surface area contributed by atoms with Crippen molar-refractivity contribution in [1.82, 2.24) is 19.7 Å². The van der Waals surface area contributed by atoms with E-state index in [4.69, 9.17) is 4.42 Å². The highest BCUT2D eigenvalue weighted by atomic mass is 32.1. The van der Waals surface area contributed by atoms with Crippen molar-refractivity contribution in [2.75, 3.05) is 7.05 Å². The molecule has 8 heteroatoms. The van der Waals surface area contributed by atoms with Crippen LogP contribution in [-0.4, -0.2) is 26.7 Å². The molecule has 0 saturated carbocycles. The lowest BCUT2D eigenvalue weighted by atomic mass is 10.2. The van der Waals surface area contributed by atoms with Gasteiger partial charge in [-0.1, -0.05) is 0 Å². The molecule has 0 aliphatic carbocycles. The third-order valence-corrected chi connectivity index (χ3v) is 3.99. The van der Waals surface area contributed by atoms with Gasteiger partial charge in [0.1, 0.15) is 12.5 Å². The number of hydrogen-bond acceptors (Lipinski definition) is 6. The van der Waals surface area contributed by atoms with Gasteiger partial charge in [-0.15, -0.1) is 16.4 Å². The third kappa shape index (κ3) is 3.72. The number of aryl methyl sites for hydroxylation is 1. The summed E-state index contributed by atoms with van der Waals surface area (Å²) in [5, 5.41) is 7.14. The zero-order valence-corrected chi connectivity index (χ0v) is 13.5. The predicted octanol–water partition coefficient (Wildman–Crippen LogP) is 2.50. The first-order valence-corrected chi connectivity index (χ1v) is 7.82. The first-order valence-electron chi connectivity index (χ1n) is 6.95. The molecule has 2 aromatic heterocycles. The Labute approximate surface area is 135 Å². The van der Waals surface area contributed by atoms with Crippen LogP contribution in [0.2, 0.25) is 0 Å². The van der Waals surface area contributed by atoms with Crippen LogP contribution in [0.1, 0.15) is 10.7 Å². The Kier molecular flexibility index (Phi) is 4.35. The van der Waals surface area contributed by atoms with Gasteiger partial charge >= 0.3 is 5.76 Å². The fourth-order valence-electron chi connectivity index (χ4n) is 2.14. The van der Waals surface area contributed by atoms with Gasteiger partial charge < -0.3 is 4.42 Å². The van der Waals surface area contributed by atoms with Crippen molar-refractivity contribution < 1.29 is 8.81 Å². The van der Waals surface area contributed by atoms with Gasteiger partial charge in [-0.2, -0.15) is 4.68 Å². The Morgan fingerprint density at radius 3 is 2.74 bits per heavy atom. The smallest absolute Gasteiger partial charge is 0.388 e. The Morgan fingerprint density at radius 1 is 1.35 bits per heavy atom. The average molecular weight is 334 g/mol. The van der Waals surface area contributed by atoms with Gasteiger partial charge in [-0.3, -0.25) is 4.90 Å². The summed E-state index contributed by atoms with van der Waals surface area (Å²) in [7, 11) is 1.87. The minimum absolute atomic E-state index is 0.174. The van der Waals surface area contributed by atoms with Crippen LogP contribution >= 0.6 is 11.3 Å². The van der Waals surface area contributed by atoms with Crippen molar-refractivity contribution in [2.45, 2.75) is 20.1 Å². The van der Waals surface area contributed by atoms with Crippen LogP contribution in [0.25, 0.3) is 11.5 Å². The van der Waals surface area contributed by atoms with Gasteiger partial charge in [0, 0.05) is 17.5 Å². The van der Waals surface area contributed by atoms with E-state index in [1.54, 1.807) is 11.3 Å². The molecule has 0 atom stereocenters. The fourth-order valence-corrected chi connectivity index (χ4v) is 2.74. The van der Waals surface area contributed by atoms with E-state index in [2.05, 4.69) is 10.1 Å². The Hall–Kier alpha value is -2.32. The summed E-state index contributed by atoms with van der Waals surface area (Å²) >= 11 is 1.59. The number of nitrogens with zero attached hydrogens (tertiary/aromatic N) is 4. The molecule has 3 aromatic rings. The Balaban J connectivity index is 1.73. The number of hydrogen-bond donors (Lipinski definition) is 0. The standard InChI is InChI=1S/C15H15FN4O2S/c1-10-17-13(8-23-10)7-19(2)9-20-15(21)22-14(18-20)11-3-5-12(16)6-4-11/h3-6,8H,7,9H2,1-2H3. The second-order valence-electron chi connectivity index (χ2n) is 5.19. The number of aromatic nitrogens is 3. The van der Waals surface area contributed by atoms with Crippen molar-refractivity contribution in [2.24, 2.45) is 0 Å². The van der Waals surface area contributed by atoms with E-state index in [1.165, 1.54) is 28.9 Å². The number of benzene rings is 1. The molecule has 1 aromatic carbocycles. The number of thiazole rings is 1. The molecule has 0 N–H and O–H groups in total. The van der Waals surface area contributed by atoms with Gasteiger partial charge in [0.05, 0.1) is 10.7 Å². The monoisotopic (exact) mass is 334 g/mol. The van der Waals surface area contributed by atoms with Crippen LogP contribution in [0, 0.1) is 12.7 Å². The summed E-state index contributed by atoms with van der Waals surface area (Å²) < 4.78 is 19.3. The van der Waals surface area contributed by atoms with E-state index in [0.29, 0.717) is 12.1 Å². The van der Waals surface area contributed by atoms with Gasteiger partial charge in [0.25, 0.3) is 0 Å². The molecule has 23 heavy (non-hydrogen) atoms. The van der Waals surface area contributed by atoms with Crippen LogP contribution in [0.4, 0.5) is 4.39 Å². The molecular formula is C15H15FN4O2S. The summed E-state index contributed by atoms with van der Waals surface area (Å²) in [6.45, 7) is 2.83. The zero-order chi connectivity index (χ0) is 16.4. The van der Waals surface area contributed by atoms with Crippen molar-refractivity contribution in [3.63, 3.8) is 0 Å². The lowest BCUT2D eigenvalue weighted by molar-refractivity contribution is 0.234. The molecule has 3 rings (SSSR count). The molecule has 0 radical (unpaired) electrons. The van der Waals surface area contributed by atoms with Crippen LogP contribution in [0.15, 0.2) is 38.9 Å². The minimum atomic E-state index is -0.550. The van der Waals surface area contributed by atoms with Crippen LogP contribution in [0.3, 0.4) is 0 Å². The minimum Gasteiger partial charge on any atom is -0.388 e. The van der Waals surface area contributed by atoms with E-state index in [-0.39, 0.29) is 18.4 Å². The molecule has 0 saturated heterocycles. The molecular weight excluding hydrogens is 319 g/mol. The molecule has 0 fully saturated rings. The maximum absolute atomic E-state index is 12.9. The molecule has 120 valence electrons. The predicted molar refractivity (Wildman–Crippen MR) is 84.5 cm³/mol. The van der Waals surface area contributed by atoms with Crippen molar-refractivity contribution >= 4 is 11.3 Å². The van der Waals surface area contributed by atoms with Crippen LogP contribution in [-0.2, 0) is 13.2 Å². The molecule has 0 unspecified atom stereocenters. The molecule has 6 nitrogen and oxygen atoms in total. The fraction of sp³-hybridized carbons (Fsp3) is 0.267. The number of halogens is 1.